The number of ether oxygens (including phenoxy) is 1. The summed E-state index contributed by atoms with van der Waals surface area (Å²) in [6, 6.07) is 53.8. The Hall–Kier alpha value is -8.02. The smallest absolute Gasteiger partial charge is 0.255 e. The lowest BCUT2D eigenvalue weighted by Crippen LogP contribution is -2.31. The molecule has 0 saturated heterocycles. The zero-order valence-corrected chi connectivity index (χ0v) is 41.4. The molecule has 5 nitrogen and oxygen atoms in total. The minimum atomic E-state index is -0.819. The molecule has 11 aromatic rings. The van der Waals surface area contributed by atoms with Crippen LogP contribution in [-0.4, -0.2) is 14.1 Å². The monoisotopic (exact) mass is 933 g/mol. The number of hydrogen-bond donors (Lipinski definition) is 0. The van der Waals surface area contributed by atoms with Crippen molar-refractivity contribution in [1.29, 1.82) is 0 Å². The van der Waals surface area contributed by atoms with Crippen LogP contribution in [0.15, 0.2) is 207 Å². The first-order chi connectivity index (χ1) is 37.3. The van der Waals surface area contributed by atoms with E-state index in [4.69, 9.17) is 19.3 Å². The molecule has 3 aromatic heterocycles. The van der Waals surface area contributed by atoms with E-state index in [1.165, 1.54) is 5.56 Å². The van der Waals surface area contributed by atoms with Gasteiger partial charge in [0, 0.05) is 43.0 Å². The second-order valence-electron chi connectivity index (χ2n) is 21.0. The maximum absolute atomic E-state index is 8.82. The zero-order chi connectivity index (χ0) is 55.0. The van der Waals surface area contributed by atoms with Crippen molar-refractivity contribution in [2.75, 3.05) is 0 Å². The van der Waals surface area contributed by atoms with Crippen LogP contribution in [0.5, 0.6) is 11.5 Å². The molecule has 350 valence electrons. The van der Waals surface area contributed by atoms with Crippen molar-refractivity contribution in [2.24, 2.45) is 0 Å². The number of aromatic nitrogens is 4. The standard InChI is InChI=1S/C66H61N4O/c1-64(2,3)47-36-37-67-62(40-47)70-58-27-16-14-25-53(58)54-35-34-51(42-61(54)70)71-50-23-19-22-49(41-50)68-43-69(60-29-18-17-28-59(60)68)63-55(46-32-30-45(31-33-46)44-20-11-10-12-21-44)38-48(65(4,5)6)39-56(63)52-24-13-15-26-57(52)66(7,8)9/h10-43H,1-9H3/q+1/i4D,5D,10D,11D,12D,20D,21D. The normalized spacial score (nSPS) is 13.6. The molecular weight excluding hydrogens is 865 g/mol. The van der Waals surface area contributed by atoms with Crippen molar-refractivity contribution < 1.29 is 18.9 Å². The van der Waals surface area contributed by atoms with Crippen molar-refractivity contribution in [3.63, 3.8) is 0 Å². The summed E-state index contributed by atoms with van der Waals surface area (Å²) in [5.74, 6) is 2.18. The third-order valence-electron chi connectivity index (χ3n) is 13.5. The number of pyridine rings is 1. The molecule has 8 aromatic carbocycles. The Kier molecular flexibility index (Phi) is 9.29. The molecule has 0 saturated carbocycles. The zero-order valence-electron chi connectivity index (χ0n) is 48.4. The summed E-state index contributed by atoms with van der Waals surface area (Å²) in [4.78, 5) is 4.89. The van der Waals surface area contributed by atoms with Crippen molar-refractivity contribution in [2.45, 2.75) is 78.5 Å². The molecule has 0 unspecified atom stereocenters. The Labute approximate surface area is 428 Å². The predicted octanol–water partition coefficient (Wildman–Crippen LogP) is 17.1. The van der Waals surface area contributed by atoms with Crippen LogP contribution in [0.4, 0.5) is 0 Å². The highest BCUT2D eigenvalue weighted by molar-refractivity contribution is 6.09. The molecule has 0 atom stereocenters. The summed E-state index contributed by atoms with van der Waals surface area (Å²) < 4.78 is 73.7. The van der Waals surface area contributed by atoms with Gasteiger partial charge in [0.25, 0.3) is 6.33 Å². The molecule has 0 aliphatic heterocycles. The summed E-state index contributed by atoms with van der Waals surface area (Å²) >= 11 is 0. The van der Waals surface area contributed by atoms with Gasteiger partial charge in [0.15, 0.2) is 11.0 Å². The fourth-order valence-electron chi connectivity index (χ4n) is 9.85. The molecule has 11 rings (SSSR count). The first-order valence-electron chi connectivity index (χ1n) is 28.1. The average molecular weight is 933 g/mol. The Balaban J connectivity index is 1.09. The average Bonchev–Trinajstić information content (AvgIpc) is 4.21. The summed E-state index contributed by atoms with van der Waals surface area (Å²) in [6.45, 7) is 15.2. The van der Waals surface area contributed by atoms with Gasteiger partial charge in [0.05, 0.1) is 17.9 Å². The molecular formula is C66H61N4O+. The lowest BCUT2D eigenvalue weighted by Gasteiger charge is -2.27. The molecule has 0 radical (unpaired) electrons. The second-order valence-corrected chi connectivity index (χ2v) is 21.0. The van der Waals surface area contributed by atoms with Gasteiger partial charge < -0.3 is 4.74 Å². The first kappa shape index (κ1) is 37.8. The fourth-order valence-corrected chi connectivity index (χ4v) is 9.85. The van der Waals surface area contributed by atoms with Gasteiger partial charge in [-0.3, -0.25) is 4.57 Å². The summed E-state index contributed by atoms with van der Waals surface area (Å²) in [5, 5.41) is 2.23. The maximum Gasteiger partial charge on any atom is 0.255 e. The van der Waals surface area contributed by atoms with Crippen molar-refractivity contribution in [1.82, 2.24) is 14.1 Å². The highest BCUT2D eigenvalue weighted by Crippen LogP contribution is 2.43. The van der Waals surface area contributed by atoms with E-state index in [9.17, 15) is 0 Å². The topological polar surface area (TPSA) is 35.9 Å². The maximum atomic E-state index is 8.82. The minimum absolute atomic E-state index is 0.00517. The van der Waals surface area contributed by atoms with Gasteiger partial charge in [-0.1, -0.05) is 177 Å². The predicted molar refractivity (Wildman–Crippen MR) is 296 cm³/mol. The van der Waals surface area contributed by atoms with Gasteiger partial charge in [0.1, 0.15) is 28.7 Å². The van der Waals surface area contributed by atoms with E-state index >= 15 is 0 Å². The number of fused-ring (bicyclic) bond motifs is 4. The van der Waals surface area contributed by atoms with Crippen LogP contribution in [0.1, 0.15) is 88.6 Å². The molecule has 0 N–H and O–H groups in total. The van der Waals surface area contributed by atoms with Crippen LogP contribution in [0, 0.1) is 0 Å². The third-order valence-corrected chi connectivity index (χ3v) is 13.5. The van der Waals surface area contributed by atoms with E-state index in [0.717, 1.165) is 83.4 Å². The lowest BCUT2D eigenvalue weighted by molar-refractivity contribution is -0.566. The minimum Gasteiger partial charge on any atom is -0.457 e. The van der Waals surface area contributed by atoms with Gasteiger partial charge in [0.2, 0.25) is 0 Å². The molecule has 0 amide bonds. The molecule has 0 bridgehead atoms. The summed E-state index contributed by atoms with van der Waals surface area (Å²) in [6.07, 6.45) is 4.00. The van der Waals surface area contributed by atoms with Gasteiger partial charge >= 0.3 is 0 Å². The van der Waals surface area contributed by atoms with Gasteiger partial charge in [-0.25, -0.2) is 4.98 Å². The molecule has 3 heterocycles. The van der Waals surface area contributed by atoms with Crippen LogP contribution >= 0.6 is 0 Å². The summed E-state index contributed by atoms with van der Waals surface area (Å²) in [5.41, 5.74) is 11.9. The number of nitrogens with zero attached hydrogens (tertiary/aromatic N) is 4. The number of para-hydroxylation sites is 3. The summed E-state index contributed by atoms with van der Waals surface area (Å²) in [7, 11) is 0. The van der Waals surface area contributed by atoms with E-state index in [0.29, 0.717) is 17.1 Å². The van der Waals surface area contributed by atoms with Crippen LogP contribution in [0.2, 0.25) is 0 Å². The van der Waals surface area contributed by atoms with Crippen LogP contribution in [0.25, 0.3) is 83.4 Å². The fraction of sp³-hybridized carbons (Fsp3) is 0.182. The number of hydrogen-bond acceptors (Lipinski definition) is 2. The van der Waals surface area contributed by atoms with E-state index in [-0.39, 0.29) is 54.4 Å². The molecule has 0 aliphatic carbocycles. The lowest BCUT2D eigenvalue weighted by atomic mass is 9.78. The van der Waals surface area contributed by atoms with Crippen molar-refractivity contribution in [3.05, 3.63) is 223 Å². The van der Waals surface area contributed by atoms with E-state index < -0.39 is 11.5 Å². The van der Waals surface area contributed by atoms with E-state index in [2.05, 4.69) is 171 Å². The molecule has 0 spiro atoms. The molecule has 71 heavy (non-hydrogen) atoms. The first-order valence-corrected chi connectivity index (χ1v) is 24.1. The highest BCUT2D eigenvalue weighted by atomic mass is 16.5. The van der Waals surface area contributed by atoms with Gasteiger partial charge in [-0.15, -0.1) is 0 Å². The molecule has 5 heteroatoms. The third kappa shape index (κ3) is 8.50. The highest BCUT2D eigenvalue weighted by Gasteiger charge is 2.30. The number of benzene rings is 8. The van der Waals surface area contributed by atoms with Gasteiger partial charge in [-0.2, -0.15) is 9.13 Å². The van der Waals surface area contributed by atoms with Crippen molar-refractivity contribution >= 4 is 32.8 Å². The Morgan fingerprint density at radius 2 is 1.21 bits per heavy atom. The molecule has 0 fully saturated rings. The second kappa shape index (κ2) is 17.4. The number of imidazole rings is 1. The van der Waals surface area contributed by atoms with Crippen LogP contribution in [-0.2, 0) is 16.2 Å². The van der Waals surface area contributed by atoms with E-state index in [1.807, 2.05) is 67.7 Å². The van der Waals surface area contributed by atoms with Crippen LogP contribution in [0.3, 0.4) is 0 Å². The van der Waals surface area contributed by atoms with Crippen molar-refractivity contribution in [3.8, 4) is 62.1 Å². The Bertz CT molecular complexity index is 4110. The SMILES string of the molecule is [2H]CC(C)(C[2H])c1cc(-c2ccc(-c3c([2H])c([2H])c([2H])c([2H])c3[2H])cc2)c(-[n+]2cn(-c3cccc(Oc4ccc5c6ccccc6n(-c6cc(C(C)(C)C)ccn6)c5c4)c3)c3ccccc32)c(-c2ccccc2C(C)(C)C)c1. The van der Waals surface area contributed by atoms with Crippen LogP contribution < -0.4 is 9.30 Å². The Morgan fingerprint density at radius 3 is 1.99 bits per heavy atom. The van der Waals surface area contributed by atoms with E-state index in [1.54, 1.807) is 0 Å². The number of rotatable bonds is 8. The quantitative estimate of drug-likeness (QED) is 0.142. The van der Waals surface area contributed by atoms with Gasteiger partial charge in [-0.05, 0) is 122 Å². The largest absolute Gasteiger partial charge is 0.457 e. The Morgan fingerprint density at radius 1 is 0.521 bits per heavy atom. The molecule has 0 aliphatic rings.